The van der Waals surface area contributed by atoms with Gasteiger partial charge in [-0.15, -0.1) is 0 Å². The van der Waals surface area contributed by atoms with Crippen molar-refractivity contribution in [2.45, 2.75) is 44.4 Å². The molecular formula is C47H56ClN8O7PS. The predicted octanol–water partition coefficient (Wildman–Crippen LogP) is 8.93. The summed E-state index contributed by atoms with van der Waals surface area (Å²) in [5.74, 6) is -0.497. The number of benzene rings is 3. The Kier molecular flexibility index (Phi) is 13.7. The minimum Gasteiger partial charge on any atom is -0.455 e. The van der Waals surface area contributed by atoms with E-state index in [9.17, 15) is 27.9 Å². The zero-order chi connectivity index (χ0) is 45.9. The molecule has 0 saturated carbocycles. The quantitative estimate of drug-likeness (QED) is 0.0393. The molecule has 1 aliphatic carbocycles. The lowest BCUT2D eigenvalue weighted by Crippen LogP contribution is -2.47. The van der Waals surface area contributed by atoms with Gasteiger partial charge in [-0.25, -0.2) is 18.1 Å². The van der Waals surface area contributed by atoms with Crippen molar-refractivity contribution in [3.8, 4) is 11.5 Å². The van der Waals surface area contributed by atoms with Crippen LogP contribution in [-0.4, -0.2) is 117 Å². The molecule has 3 aromatic carbocycles. The molecule has 0 spiro atoms. The van der Waals surface area contributed by atoms with E-state index < -0.39 is 38.6 Å². The maximum Gasteiger partial charge on any atom is 0.293 e. The Morgan fingerprint density at radius 2 is 1.74 bits per heavy atom. The summed E-state index contributed by atoms with van der Waals surface area (Å²) >= 11 is 6.24. The molecule has 0 bridgehead atoms. The monoisotopic (exact) mass is 942 g/mol. The molecule has 1 amide bonds. The number of piperazine rings is 1. The molecule has 2 fully saturated rings. The summed E-state index contributed by atoms with van der Waals surface area (Å²) in [5.41, 5.74) is 5.45. The number of amides is 1. The number of pyridine rings is 1. The number of halogens is 1. The molecule has 4 heterocycles. The zero-order valence-electron chi connectivity index (χ0n) is 37.0. The third kappa shape index (κ3) is 11.4. The first kappa shape index (κ1) is 46.3. The second kappa shape index (κ2) is 19.3. The van der Waals surface area contributed by atoms with Gasteiger partial charge in [-0.1, -0.05) is 43.2 Å². The van der Waals surface area contributed by atoms with Gasteiger partial charge in [0.05, 0.1) is 28.7 Å². The number of hydrogen-bond acceptors (Lipinski definition) is 12. The lowest BCUT2D eigenvalue weighted by molar-refractivity contribution is -0.384. The van der Waals surface area contributed by atoms with Crippen LogP contribution in [0.25, 0.3) is 16.6 Å². The minimum absolute atomic E-state index is 0.0461. The fraction of sp³-hybridized carbons (Fsp3) is 0.404. The average molecular weight is 944 g/mol. The minimum atomic E-state index is -4.58. The van der Waals surface area contributed by atoms with Crippen molar-refractivity contribution in [1.29, 1.82) is 0 Å². The van der Waals surface area contributed by atoms with Crippen LogP contribution < -0.4 is 19.7 Å². The van der Waals surface area contributed by atoms with Crippen molar-refractivity contribution < 1.29 is 27.4 Å². The van der Waals surface area contributed by atoms with Crippen molar-refractivity contribution in [2.75, 3.05) is 88.1 Å². The summed E-state index contributed by atoms with van der Waals surface area (Å²) in [7, 11) is -6.62. The van der Waals surface area contributed by atoms with Gasteiger partial charge >= 0.3 is 0 Å². The molecule has 18 heteroatoms. The zero-order valence-corrected chi connectivity index (χ0v) is 39.5. The number of aromatic nitrogens is 2. The van der Waals surface area contributed by atoms with Gasteiger partial charge in [-0.05, 0) is 104 Å². The summed E-state index contributed by atoms with van der Waals surface area (Å²) in [4.78, 5) is 39.4. The van der Waals surface area contributed by atoms with E-state index in [1.807, 2.05) is 24.9 Å². The lowest BCUT2D eigenvalue weighted by Gasteiger charge is -2.39. The van der Waals surface area contributed by atoms with Gasteiger partial charge in [0.2, 0.25) is 0 Å². The Hall–Kier alpha value is -5.25. The summed E-state index contributed by atoms with van der Waals surface area (Å²) in [6, 6.07) is 20.4. The van der Waals surface area contributed by atoms with Crippen LogP contribution in [0, 0.1) is 15.5 Å². The second-order valence-corrected chi connectivity index (χ2v) is 23.9. The number of H-pyrrole nitrogens is 1. The summed E-state index contributed by atoms with van der Waals surface area (Å²) < 4.78 is 48.2. The summed E-state index contributed by atoms with van der Waals surface area (Å²) in [5, 5.41) is 16.7. The molecular weight excluding hydrogens is 887 g/mol. The molecule has 3 aliphatic rings. The van der Waals surface area contributed by atoms with E-state index in [-0.39, 0.29) is 22.4 Å². The van der Waals surface area contributed by atoms with Crippen LogP contribution in [-0.2, 0) is 14.6 Å². The number of carbonyl (C=O) groups is 1. The van der Waals surface area contributed by atoms with Crippen molar-refractivity contribution in [2.24, 2.45) is 5.41 Å². The molecule has 65 heavy (non-hydrogen) atoms. The van der Waals surface area contributed by atoms with E-state index in [0.29, 0.717) is 36.7 Å². The second-order valence-electron chi connectivity index (χ2n) is 18.3. The highest BCUT2D eigenvalue weighted by atomic mass is 35.5. The average Bonchev–Trinajstić information content (AvgIpc) is 3.75. The maximum atomic E-state index is 14.0. The number of aromatic amines is 1. The highest BCUT2D eigenvalue weighted by Gasteiger charge is 2.31. The van der Waals surface area contributed by atoms with Gasteiger partial charge in [0, 0.05) is 99.1 Å². The number of ether oxygens (including phenoxy) is 1. The molecule has 5 aromatic rings. The van der Waals surface area contributed by atoms with E-state index in [1.165, 1.54) is 41.1 Å². The molecule has 2 aromatic heterocycles. The summed E-state index contributed by atoms with van der Waals surface area (Å²) in [6.07, 6.45) is 8.51. The largest absolute Gasteiger partial charge is 0.455 e. The van der Waals surface area contributed by atoms with Gasteiger partial charge in [0.25, 0.3) is 21.6 Å². The van der Waals surface area contributed by atoms with E-state index in [2.05, 4.69) is 60.7 Å². The Labute approximate surface area is 385 Å². The number of nitro benzene ring substituents is 1. The molecule has 3 N–H and O–H groups in total. The Bertz CT molecular complexity index is 2760. The molecule has 2 saturated heterocycles. The van der Waals surface area contributed by atoms with E-state index in [4.69, 9.17) is 16.3 Å². The van der Waals surface area contributed by atoms with Crippen molar-refractivity contribution in [3.05, 3.63) is 117 Å². The first-order chi connectivity index (χ1) is 31.0. The highest BCUT2D eigenvalue weighted by Crippen LogP contribution is 2.44. The number of fused-ring (bicyclic) bond motifs is 1. The first-order valence-electron chi connectivity index (χ1n) is 22.1. The fourth-order valence-corrected chi connectivity index (χ4v) is 11.6. The number of rotatable bonds is 15. The number of sulfonamides is 1. The number of nitrogens with one attached hydrogen (secondary N) is 3. The van der Waals surface area contributed by atoms with Crippen LogP contribution in [0.2, 0.25) is 5.02 Å². The number of allylic oxidation sites excluding steroid dienone is 1. The SMILES string of the molecule is CC1(C)CCC(CN2CCN(c3ccc(C(=O)NS(=O)(=O)c4ccc(NCCCN5CCP(C)(=O)CC5)c([N+](=O)[O-])c4)c(Oc4cnc5[nH]ccc5c4)c3)CC2)=C(c2ccc(Cl)cc2)C1. The Balaban J connectivity index is 0.968. The van der Waals surface area contributed by atoms with Crippen LogP contribution in [0.4, 0.5) is 17.1 Å². The van der Waals surface area contributed by atoms with E-state index in [0.717, 1.165) is 93.8 Å². The van der Waals surface area contributed by atoms with Crippen molar-refractivity contribution >= 4 is 68.3 Å². The molecule has 0 atom stereocenters. The van der Waals surface area contributed by atoms with Gasteiger partial charge in [-0.3, -0.25) is 19.8 Å². The normalized spacial score (nSPS) is 18.1. The predicted molar refractivity (Wildman–Crippen MR) is 258 cm³/mol. The smallest absolute Gasteiger partial charge is 0.293 e. The first-order valence-corrected chi connectivity index (χ1v) is 26.5. The number of nitro groups is 1. The maximum absolute atomic E-state index is 14.0. The molecule has 8 rings (SSSR count). The van der Waals surface area contributed by atoms with E-state index >= 15 is 0 Å². The van der Waals surface area contributed by atoms with Crippen LogP contribution in [0.3, 0.4) is 0 Å². The van der Waals surface area contributed by atoms with E-state index in [1.54, 1.807) is 24.4 Å². The third-order valence-corrected chi connectivity index (χ3v) is 16.7. The third-order valence-electron chi connectivity index (χ3n) is 12.8. The van der Waals surface area contributed by atoms with Crippen LogP contribution in [0.1, 0.15) is 55.5 Å². The van der Waals surface area contributed by atoms with Crippen molar-refractivity contribution in [1.82, 2.24) is 24.5 Å². The van der Waals surface area contributed by atoms with Crippen LogP contribution in [0.15, 0.2) is 95.7 Å². The van der Waals surface area contributed by atoms with Gasteiger partial charge in [0.1, 0.15) is 22.8 Å². The van der Waals surface area contributed by atoms with Gasteiger partial charge in [0.15, 0.2) is 0 Å². The molecule has 2 aliphatic heterocycles. The molecule has 15 nitrogen and oxygen atoms in total. The van der Waals surface area contributed by atoms with Gasteiger partial charge in [-0.2, -0.15) is 0 Å². The fourth-order valence-electron chi connectivity index (χ4n) is 8.87. The topological polar surface area (TPSA) is 183 Å². The molecule has 0 unspecified atom stereocenters. The Morgan fingerprint density at radius 1 is 0.985 bits per heavy atom. The number of nitrogens with zero attached hydrogens (tertiary/aromatic N) is 5. The Morgan fingerprint density at radius 3 is 2.48 bits per heavy atom. The summed E-state index contributed by atoms with van der Waals surface area (Å²) in [6.45, 7) is 13.1. The standard InChI is InChI=1S/C47H56ClN8O7PS/c1-47(2)15-13-35(41(30-47)33-5-7-36(48)8-6-33)32-54-19-21-55(22-20-54)37-9-11-40(44(28-37)63-38-27-34-14-17-50-45(34)51-31-38)46(57)52-65(61,62)39-10-12-42(43(29-39)56(58)59)49-16-4-18-53-23-25-64(3,60)26-24-53/h5-12,14,17,27-29,31,49H,4,13,15-16,18-26,30,32H2,1-3H3,(H,50,51)(H,52,57). The molecule has 344 valence electrons. The molecule has 0 radical (unpaired) electrons. The number of hydrogen-bond donors (Lipinski definition) is 3. The highest BCUT2D eigenvalue weighted by molar-refractivity contribution is 7.90. The lowest BCUT2D eigenvalue weighted by atomic mass is 9.72. The van der Waals surface area contributed by atoms with Crippen LogP contribution in [0.5, 0.6) is 11.5 Å². The number of carbonyl (C=O) groups excluding carboxylic acids is 1. The number of anilines is 2. The van der Waals surface area contributed by atoms with Crippen LogP contribution >= 0.6 is 18.7 Å². The van der Waals surface area contributed by atoms with Gasteiger partial charge < -0.3 is 29.4 Å². The van der Waals surface area contributed by atoms with Crippen molar-refractivity contribution in [3.63, 3.8) is 0 Å².